The van der Waals surface area contributed by atoms with Gasteiger partial charge in [0.2, 0.25) is 0 Å². The average molecular weight is 743 g/mol. The molecule has 1 aliphatic carbocycles. The number of furan rings is 2. The third kappa shape index (κ3) is 4.92. The van der Waals surface area contributed by atoms with Crippen molar-refractivity contribution in [3.8, 4) is 21.7 Å². The normalized spacial score (nSPS) is 14.2. The lowest BCUT2D eigenvalue weighted by Crippen LogP contribution is -2.36. The molecule has 4 heterocycles. The molecule has 12 rings (SSSR count). The van der Waals surface area contributed by atoms with Gasteiger partial charge in [-0.3, -0.25) is 0 Å². The molecule has 7 aromatic carbocycles. The van der Waals surface area contributed by atoms with Gasteiger partial charge in [-0.1, -0.05) is 97.1 Å². The van der Waals surface area contributed by atoms with Gasteiger partial charge in [0.1, 0.15) is 27.2 Å². The molecule has 4 nitrogen and oxygen atoms in total. The van der Waals surface area contributed by atoms with Crippen molar-refractivity contribution in [2.45, 2.75) is 12.5 Å². The van der Waals surface area contributed by atoms with E-state index >= 15 is 0 Å². The number of anilines is 2. The van der Waals surface area contributed by atoms with Crippen molar-refractivity contribution in [2.75, 3.05) is 4.90 Å². The number of para-hydroxylation sites is 1. The molecule has 55 heavy (non-hydrogen) atoms. The lowest BCUT2D eigenvalue weighted by Gasteiger charge is -2.32. The van der Waals surface area contributed by atoms with Crippen LogP contribution >= 0.6 is 22.7 Å². The Balaban J connectivity index is 0.944. The molecule has 260 valence electrons. The van der Waals surface area contributed by atoms with Gasteiger partial charge in [0, 0.05) is 58.5 Å². The molecule has 0 bridgehead atoms. The summed E-state index contributed by atoms with van der Waals surface area (Å²) in [5, 5.41) is 8.24. The SMILES string of the molecule is C1=c2oc3ccccc3c2=CCC1N(c1ccc(-c2ccc3c(c2)oc2ccc4nc(-c5ccccc5)sc4c23)cc1)c1ccc2c(c1)sc1ccccc12. The molecule has 1 aliphatic rings. The molecule has 11 aromatic rings. The van der Waals surface area contributed by atoms with Crippen LogP contribution in [0, 0.1) is 0 Å². The van der Waals surface area contributed by atoms with E-state index in [2.05, 4.69) is 157 Å². The zero-order valence-corrected chi connectivity index (χ0v) is 31.0. The number of fused-ring (bicyclic) bond motifs is 11. The third-order valence-electron chi connectivity index (χ3n) is 11.0. The first-order chi connectivity index (χ1) is 27.2. The van der Waals surface area contributed by atoms with Crippen molar-refractivity contribution in [1.29, 1.82) is 0 Å². The second-order valence-corrected chi connectivity index (χ2v) is 16.3. The van der Waals surface area contributed by atoms with Gasteiger partial charge in [-0.15, -0.1) is 22.7 Å². The second-order valence-electron chi connectivity index (χ2n) is 14.2. The Hall–Kier alpha value is -6.47. The summed E-state index contributed by atoms with van der Waals surface area (Å²) in [5.74, 6) is 0. The van der Waals surface area contributed by atoms with Gasteiger partial charge >= 0.3 is 0 Å². The summed E-state index contributed by atoms with van der Waals surface area (Å²) in [6.45, 7) is 0. The standard InChI is InChI=1S/C49H30N2O2S2/c1-2-8-30(9-3-1)49-50-40-24-25-42-47(48(40)55-49)39-21-16-31(26-43(39)53-42)29-14-17-32(18-15-29)51(33-19-22-36-35-10-4-6-12-41(35)52-44(36)27-33)34-20-23-38-37-11-5-7-13-45(37)54-46(38)28-34/h1-18,20-28,33H,19H2. The van der Waals surface area contributed by atoms with Crippen molar-refractivity contribution < 1.29 is 8.83 Å². The fraction of sp³-hybridized carbons (Fsp3) is 0.0408. The van der Waals surface area contributed by atoms with Crippen LogP contribution in [0.25, 0.3) is 97.1 Å². The number of hydrogen-bond acceptors (Lipinski definition) is 6. The molecule has 0 saturated heterocycles. The van der Waals surface area contributed by atoms with E-state index in [1.807, 2.05) is 23.5 Å². The van der Waals surface area contributed by atoms with Crippen molar-refractivity contribution in [2.24, 2.45) is 0 Å². The molecule has 0 N–H and O–H groups in total. The van der Waals surface area contributed by atoms with E-state index < -0.39 is 0 Å². The number of thiophene rings is 1. The summed E-state index contributed by atoms with van der Waals surface area (Å²) in [6.07, 6.45) is 5.51. The number of hydrogen-bond donors (Lipinski definition) is 0. The van der Waals surface area contributed by atoms with E-state index in [4.69, 9.17) is 13.8 Å². The highest BCUT2D eigenvalue weighted by Crippen LogP contribution is 2.42. The van der Waals surface area contributed by atoms with Gasteiger partial charge in [0.25, 0.3) is 0 Å². The Bertz CT molecular complexity index is 3420. The smallest absolute Gasteiger partial charge is 0.137 e. The highest BCUT2D eigenvalue weighted by Gasteiger charge is 2.23. The first kappa shape index (κ1) is 30.9. The molecule has 0 spiro atoms. The zero-order chi connectivity index (χ0) is 36.0. The summed E-state index contributed by atoms with van der Waals surface area (Å²) in [6, 6.07) is 54.1. The molecule has 0 saturated carbocycles. The van der Waals surface area contributed by atoms with Crippen LogP contribution in [0.1, 0.15) is 6.42 Å². The molecule has 4 aromatic heterocycles. The van der Waals surface area contributed by atoms with Crippen LogP contribution in [0.4, 0.5) is 11.4 Å². The summed E-state index contributed by atoms with van der Waals surface area (Å²) in [4.78, 5) is 7.44. The Morgan fingerprint density at radius 1 is 0.545 bits per heavy atom. The predicted octanol–water partition coefficient (Wildman–Crippen LogP) is 12.8. The summed E-state index contributed by atoms with van der Waals surface area (Å²) < 4.78 is 16.7. The minimum absolute atomic E-state index is 0.0728. The molecule has 6 heteroatoms. The van der Waals surface area contributed by atoms with E-state index in [-0.39, 0.29) is 6.04 Å². The van der Waals surface area contributed by atoms with Gasteiger partial charge < -0.3 is 13.7 Å². The Morgan fingerprint density at radius 2 is 1.31 bits per heavy atom. The molecule has 0 amide bonds. The monoisotopic (exact) mass is 742 g/mol. The van der Waals surface area contributed by atoms with Crippen LogP contribution in [-0.4, -0.2) is 11.0 Å². The topological polar surface area (TPSA) is 42.4 Å². The lowest BCUT2D eigenvalue weighted by molar-refractivity contribution is 0.568. The molecule has 0 radical (unpaired) electrons. The highest BCUT2D eigenvalue weighted by atomic mass is 32.1. The minimum Gasteiger partial charge on any atom is -0.456 e. The first-order valence-corrected chi connectivity index (χ1v) is 20.2. The number of aromatic nitrogens is 1. The number of rotatable bonds is 5. The summed E-state index contributed by atoms with van der Waals surface area (Å²) in [7, 11) is 0. The fourth-order valence-electron chi connectivity index (χ4n) is 8.42. The van der Waals surface area contributed by atoms with Crippen molar-refractivity contribution in [3.05, 3.63) is 162 Å². The van der Waals surface area contributed by atoms with E-state index in [1.54, 1.807) is 11.3 Å². The number of thiazole rings is 1. The molecule has 0 fully saturated rings. The van der Waals surface area contributed by atoms with E-state index in [9.17, 15) is 0 Å². The number of benzene rings is 7. The molecule has 0 aliphatic heterocycles. The maximum atomic E-state index is 6.50. The summed E-state index contributed by atoms with van der Waals surface area (Å²) in [5.41, 5.74) is 10.3. The predicted molar refractivity (Wildman–Crippen MR) is 232 cm³/mol. The van der Waals surface area contributed by atoms with Crippen LogP contribution in [0.15, 0.2) is 160 Å². The van der Waals surface area contributed by atoms with Gasteiger partial charge in [0.15, 0.2) is 0 Å². The van der Waals surface area contributed by atoms with Gasteiger partial charge in [-0.05, 0) is 84.3 Å². The minimum atomic E-state index is 0.0728. The van der Waals surface area contributed by atoms with Crippen molar-refractivity contribution in [3.63, 3.8) is 0 Å². The van der Waals surface area contributed by atoms with Gasteiger partial charge in [-0.25, -0.2) is 4.98 Å². The van der Waals surface area contributed by atoms with Crippen molar-refractivity contribution in [1.82, 2.24) is 4.98 Å². The van der Waals surface area contributed by atoms with Crippen LogP contribution in [0.2, 0.25) is 0 Å². The average Bonchev–Trinajstić information content (AvgIpc) is 4.02. The molecule has 1 atom stereocenters. The van der Waals surface area contributed by atoms with E-state index in [0.717, 1.165) is 82.6 Å². The zero-order valence-electron chi connectivity index (χ0n) is 29.4. The van der Waals surface area contributed by atoms with Crippen LogP contribution in [0.3, 0.4) is 0 Å². The quantitative estimate of drug-likeness (QED) is 0.176. The first-order valence-electron chi connectivity index (χ1n) is 18.5. The Kier molecular flexibility index (Phi) is 6.76. The maximum Gasteiger partial charge on any atom is 0.137 e. The second kappa shape index (κ2) is 12.0. The van der Waals surface area contributed by atoms with Gasteiger partial charge in [0.05, 0.1) is 16.3 Å². The lowest BCUT2D eigenvalue weighted by atomic mass is 10.0. The fourth-order valence-corrected chi connectivity index (χ4v) is 10.7. The van der Waals surface area contributed by atoms with E-state index in [0.29, 0.717) is 0 Å². The van der Waals surface area contributed by atoms with Crippen LogP contribution < -0.4 is 15.5 Å². The molecule has 1 unspecified atom stereocenters. The Labute approximate surface area is 323 Å². The third-order valence-corrected chi connectivity index (χ3v) is 13.3. The van der Waals surface area contributed by atoms with Gasteiger partial charge in [-0.2, -0.15) is 0 Å². The largest absolute Gasteiger partial charge is 0.456 e. The van der Waals surface area contributed by atoms with Crippen LogP contribution in [0.5, 0.6) is 0 Å². The Morgan fingerprint density at radius 3 is 2.22 bits per heavy atom. The highest BCUT2D eigenvalue weighted by molar-refractivity contribution is 7.25. The molecular formula is C49H30N2O2S2. The van der Waals surface area contributed by atoms with Crippen LogP contribution in [-0.2, 0) is 0 Å². The van der Waals surface area contributed by atoms with Crippen molar-refractivity contribution >= 4 is 109 Å². The summed E-state index contributed by atoms with van der Waals surface area (Å²) >= 11 is 3.58. The number of nitrogens with zero attached hydrogens (tertiary/aromatic N) is 2. The molecular weight excluding hydrogens is 713 g/mol. The maximum absolute atomic E-state index is 6.50. The van der Waals surface area contributed by atoms with E-state index in [1.165, 1.54) is 30.8 Å².